The summed E-state index contributed by atoms with van der Waals surface area (Å²) < 4.78 is 17.6. The number of nitrogens with one attached hydrogen (secondary N) is 1. The van der Waals surface area contributed by atoms with Crippen molar-refractivity contribution in [3.63, 3.8) is 0 Å². The first-order chi connectivity index (χ1) is 11.4. The molecular formula is C16H19FN2O5. The number of likely N-dealkylation sites (tertiary alicyclic amines) is 1. The Bertz CT molecular complexity index is 619. The topological polar surface area (TPSA) is 95.9 Å². The molecule has 0 radical (unpaired) electrons. The molecule has 24 heavy (non-hydrogen) atoms. The van der Waals surface area contributed by atoms with E-state index in [1.165, 1.54) is 4.90 Å². The number of hydrogen-bond donors (Lipinski definition) is 2. The second kappa shape index (κ2) is 7.76. The molecule has 0 bridgehead atoms. The van der Waals surface area contributed by atoms with Crippen molar-refractivity contribution >= 4 is 17.8 Å². The maximum Gasteiger partial charge on any atom is 0.328 e. The Morgan fingerprint density at radius 2 is 2.08 bits per heavy atom. The third kappa shape index (κ3) is 4.21. The maximum absolute atomic E-state index is 12.6. The van der Waals surface area contributed by atoms with E-state index in [9.17, 15) is 18.8 Å². The van der Waals surface area contributed by atoms with Gasteiger partial charge in [0.15, 0.2) is 6.04 Å². The predicted octanol–water partition coefficient (Wildman–Crippen LogP) is 0.583. The molecule has 1 heterocycles. The van der Waals surface area contributed by atoms with Crippen LogP contribution in [0.15, 0.2) is 24.3 Å². The highest BCUT2D eigenvalue weighted by atomic mass is 19.1. The van der Waals surface area contributed by atoms with Crippen molar-refractivity contribution in [3.05, 3.63) is 29.8 Å². The number of carboxylic acid groups (broad SMARTS) is 1. The average Bonchev–Trinajstić information content (AvgIpc) is 2.93. The molecule has 1 aromatic rings. The van der Waals surface area contributed by atoms with Crippen LogP contribution in [0.2, 0.25) is 0 Å². The van der Waals surface area contributed by atoms with E-state index in [1.54, 1.807) is 19.2 Å². The lowest BCUT2D eigenvalue weighted by atomic mass is 10.1. The second-order valence-electron chi connectivity index (χ2n) is 5.58. The van der Waals surface area contributed by atoms with Crippen molar-refractivity contribution < 1.29 is 28.6 Å². The number of benzene rings is 1. The standard InChI is InChI=1S/C16H19FN2O5/c1-24-12-4-2-10(3-5-12)8-19-9-11(6-14(19)20)15(21)18-13(7-17)16(22)23/h2-5,11,13H,6-9H2,1H3,(H,18,21)(H,22,23). The Labute approximate surface area is 138 Å². The summed E-state index contributed by atoms with van der Waals surface area (Å²) >= 11 is 0. The van der Waals surface area contributed by atoms with E-state index in [4.69, 9.17) is 9.84 Å². The SMILES string of the molecule is COc1ccc(CN2CC(C(=O)NC(CF)C(=O)O)CC2=O)cc1. The molecule has 2 rings (SSSR count). The van der Waals surface area contributed by atoms with Gasteiger partial charge in [-0.25, -0.2) is 9.18 Å². The number of nitrogens with zero attached hydrogens (tertiary/aromatic N) is 1. The number of rotatable bonds is 7. The highest BCUT2D eigenvalue weighted by molar-refractivity contribution is 5.91. The van der Waals surface area contributed by atoms with E-state index in [2.05, 4.69) is 5.32 Å². The van der Waals surface area contributed by atoms with Crippen molar-refractivity contribution in [1.29, 1.82) is 0 Å². The number of carbonyl (C=O) groups is 3. The molecule has 1 saturated heterocycles. The molecular weight excluding hydrogens is 319 g/mol. The fourth-order valence-corrected chi connectivity index (χ4v) is 2.51. The second-order valence-corrected chi connectivity index (χ2v) is 5.58. The quantitative estimate of drug-likeness (QED) is 0.758. The molecule has 1 aliphatic rings. The Morgan fingerprint density at radius 1 is 1.42 bits per heavy atom. The van der Waals surface area contributed by atoms with Gasteiger partial charge in [-0.1, -0.05) is 12.1 Å². The average molecular weight is 338 g/mol. The molecule has 1 fully saturated rings. The van der Waals surface area contributed by atoms with Gasteiger partial charge < -0.3 is 20.1 Å². The number of hydrogen-bond acceptors (Lipinski definition) is 4. The zero-order valence-corrected chi connectivity index (χ0v) is 13.2. The number of aliphatic carboxylic acids is 1. The molecule has 0 spiro atoms. The number of alkyl halides is 1. The summed E-state index contributed by atoms with van der Waals surface area (Å²) in [4.78, 5) is 36.3. The zero-order valence-electron chi connectivity index (χ0n) is 13.2. The van der Waals surface area contributed by atoms with Crippen molar-refractivity contribution in [2.24, 2.45) is 5.92 Å². The number of carbonyl (C=O) groups excluding carboxylic acids is 2. The van der Waals surface area contributed by atoms with Gasteiger partial charge in [0, 0.05) is 19.5 Å². The fourth-order valence-electron chi connectivity index (χ4n) is 2.51. The number of amides is 2. The molecule has 2 N–H and O–H groups in total. The summed E-state index contributed by atoms with van der Waals surface area (Å²) in [5.74, 6) is -2.23. The molecule has 1 aliphatic heterocycles. The Morgan fingerprint density at radius 3 is 2.62 bits per heavy atom. The Hall–Kier alpha value is -2.64. The van der Waals surface area contributed by atoms with Gasteiger partial charge in [0.2, 0.25) is 11.8 Å². The van der Waals surface area contributed by atoms with Crippen molar-refractivity contribution in [2.75, 3.05) is 20.3 Å². The molecule has 7 nitrogen and oxygen atoms in total. The summed E-state index contributed by atoms with van der Waals surface area (Å²) in [7, 11) is 1.56. The largest absolute Gasteiger partial charge is 0.497 e. The summed E-state index contributed by atoms with van der Waals surface area (Å²) in [5, 5.41) is 10.9. The molecule has 1 aromatic carbocycles. The number of methoxy groups -OCH3 is 1. The number of ether oxygens (including phenoxy) is 1. The van der Waals surface area contributed by atoms with E-state index in [0.717, 1.165) is 5.56 Å². The lowest BCUT2D eigenvalue weighted by molar-refractivity contribution is -0.142. The van der Waals surface area contributed by atoms with Crippen molar-refractivity contribution in [1.82, 2.24) is 10.2 Å². The van der Waals surface area contributed by atoms with Crippen molar-refractivity contribution in [2.45, 2.75) is 19.0 Å². The first kappa shape index (κ1) is 17.7. The van der Waals surface area contributed by atoms with Gasteiger partial charge in [0.1, 0.15) is 12.4 Å². The van der Waals surface area contributed by atoms with Gasteiger partial charge in [0.05, 0.1) is 13.0 Å². The Balaban J connectivity index is 1.94. The third-order valence-corrected chi connectivity index (χ3v) is 3.89. The molecule has 2 amide bonds. The highest BCUT2D eigenvalue weighted by Crippen LogP contribution is 2.21. The molecule has 8 heteroatoms. The minimum absolute atomic E-state index is 0.0133. The van der Waals surface area contributed by atoms with Crippen LogP contribution in [-0.4, -0.2) is 54.2 Å². The summed E-state index contributed by atoms with van der Waals surface area (Å²) in [6.45, 7) is -0.676. The molecule has 0 saturated carbocycles. The molecule has 2 unspecified atom stereocenters. The van der Waals surface area contributed by atoms with Gasteiger partial charge in [-0.05, 0) is 17.7 Å². The van der Waals surface area contributed by atoms with Crippen LogP contribution in [0.25, 0.3) is 0 Å². The van der Waals surface area contributed by atoms with Crippen LogP contribution in [0.4, 0.5) is 4.39 Å². The smallest absolute Gasteiger partial charge is 0.328 e. The van der Waals surface area contributed by atoms with Gasteiger partial charge in [0.25, 0.3) is 0 Å². The lowest BCUT2D eigenvalue weighted by Crippen LogP contribution is -2.45. The lowest BCUT2D eigenvalue weighted by Gasteiger charge is -2.17. The zero-order chi connectivity index (χ0) is 17.7. The fraction of sp³-hybridized carbons (Fsp3) is 0.438. The summed E-state index contributed by atoms with van der Waals surface area (Å²) in [6.07, 6.45) is -0.0133. The van der Waals surface area contributed by atoms with Crippen LogP contribution in [0.3, 0.4) is 0 Å². The Kier molecular flexibility index (Phi) is 5.73. The van der Waals surface area contributed by atoms with E-state index in [1.807, 2.05) is 12.1 Å². The van der Waals surface area contributed by atoms with Crippen LogP contribution in [-0.2, 0) is 20.9 Å². The van der Waals surface area contributed by atoms with Gasteiger partial charge in [-0.15, -0.1) is 0 Å². The molecule has 0 aliphatic carbocycles. The molecule has 0 aromatic heterocycles. The monoisotopic (exact) mass is 338 g/mol. The first-order valence-electron chi connectivity index (χ1n) is 7.44. The van der Waals surface area contributed by atoms with Crippen LogP contribution in [0, 0.1) is 5.92 Å². The van der Waals surface area contributed by atoms with E-state index < -0.39 is 30.5 Å². The van der Waals surface area contributed by atoms with E-state index >= 15 is 0 Å². The van der Waals surface area contributed by atoms with Crippen LogP contribution in [0.5, 0.6) is 5.75 Å². The molecule has 2 atom stereocenters. The minimum atomic E-state index is -1.58. The molecule has 130 valence electrons. The van der Waals surface area contributed by atoms with Gasteiger partial charge >= 0.3 is 5.97 Å². The minimum Gasteiger partial charge on any atom is -0.497 e. The maximum atomic E-state index is 12.6. The van der Waals surface area contributed by atoms with Crippen LogP contribution in [0.1, 0.15) is 12.0 Å². The van der Waals surface area contributed by atoms with Crippen LogP contribution < -0.4 is 10.1 Å². The predicted molar refractivity (Wildman–Crippen MR) is 82.1 cm³/mol. The van der Waals surface area contributed by atoms with E-state index in [0.29, 0.717) is 12.3 Å². The van der Waals surface area contributed by atoms with Crippen molar-refractivity contribution in [3.8, 4) is 5.75 Å². The van der Waals surface area contributed by atoms with Crippen LogP contribution >= 0.6 is 0 Å². The third-order valence-electron chi connectivity index (χ3n) is 3.89. The van der Waals surface area contributed by atoms with Gasteiger partial charge in [-0.2, -0.15) is 0 Å². The normalized spacial score (nSPS) is 18.3. The van der Waals surface area contributed by atoms with E-state index in [-0.39, 0.29) is 18.9 Å². The number of carboxylic acids is 1. The highest BCUT2D eigenvalue weighted by Gasteiger charge is 2.35. The summed E-state index contributed by atoms with van der Waals surface area (Å²) in [5.41, 5.74) is 0.886. The van der Waals surface area contributed by atoms with Gasteiger partial charge in [-0.3, -0.25) is 9.59 Å². The first-order valence-corrected chi connectivity index (χ1v) is 7.44. The summed E-state index contributed by atoms with van der Waals surface area (Å²) in [6, 6.07) is 5.62. The number of halogens is 1.